The van der Waals surface area contributed by atoms with E-state index >= 15 is 0 Å². The van der Waals surface area contributed by atoms with E-state index < -0.39 is 27.1 Å². The van der Waals surface area contributed by atoms with Crippen LogP contribution in [0.5, 0.6) is 5.75 Å². The van der Waals surface area contributed by atoms with Crippen LogP contribution in [0.4, 0.5) is 17.1 Å². The van der Waals surface area contributed by atoms with Gasteiger partial charge in [-0.2, -0.15) is 0 Å². The smallest absolute Gasteiger partial charge is 0.281 e. The highest BCUT2D eigenvalue weighted by Crippen LogP contribution is 2.32. The van der Waals surface area contributed by atoms with Crippen molar-refractivity contribution in [1.29, 1.82) is 0 Å². The van der Waals surface area contributed by atoms with E-state index in [4.69, 9.17) is 16.3 Å². The topological polar surface area (TPSA) is 125 Å². The van der Waals surface area contributed by atoms with Crippen LogP contribution in [0.3, 0.4) is 0 Å². The molecule has 3 aromatic rings. The molecule has 11 heteroatoms. The quantitative estimate of drug-likeness (QED) is 0.384. The molecule has 30 heavy (non-hydrogen) atoms. The van der Waals surface area contributed by atoms with Crippen LogP contribution in [0.1, 0.15) is 20.8 Å². The molecule has 154 valence electrons. The number of benzene rings is 2. The van der Waals surface area contributed by atoms with Gasteiger partial charge in [0.1, 0.15) is 17.9 Å². The van der Waals surface area contributed by atoms with Crippen molar-refractivity contribution in [2.75, 3.05) is 5.32 Å². The summed E-state index contributed by atoms with van der Waals surface area (Å²) in [5.74, 6) is 0.0421. The van der Waals surface area contributed by atoms with Crippen LogP contribution >= 0.6 is 22.9 Å². The Balaban J connectivity index is 1.74. The fourth-order valence-corrected chi connectivity index (χ4v) is 3.59. The van der Waals surface area contributed by atoms with Crippen molar-refractivity contribution < 1.29 is 19.4 Å². The predicted octanol–water partition coefficient (Wildman–Crippen LogP) is 5.36. The monoisotopic (exact) mass is 447 g/mol. The first-order valence-electron chi connectivity index (χ1n) is 8.45. The van der Waals surface area contributed by atoms with Crippen molar-refractivity contribution in [3.8, 4) is 5.75 Å². The summed E-state index contributed by atoms with van der Waals surface area (Å²) < 4.78 is 5.62. The van der Waals surface area contributed by atoms with Crippen molar-refractivity contribution in [1.82, 2.24) is 0 Å². The molecule has 0 aliphatic heterocycles. The van der Waals surface area contributed by atoms with E-state index in [-0.39, 0.29) is 17.9 Å². The fourth-order valence-electron chi connectivity index (χ4n) is 2.62. The molecule has 1 N–H and O–H groups in total. The normalized spacial score (nSPS) is 10.5. The molecule has 0 unspecified atom stereocenters. The average molecular weight is 448 g/mol. The zero-order valence-electron chi connectivity index (χ0n) is 15.5. The SMILES string of the molecule is Cc1c([N+](=O)[O-])cc(NC(=O)c2cc(COc3cccc(Cl)c3)cs2)cc1[N+](=O)[O-]. The summed E-state index contributed by atoms with van der Waals surface area (Å²) in [6.45, 7) is 1.50. The number of hydrogen-bond acceptors (Lipinski definition) is 7. The van der Waals surface area contributed by atoms with Gasteiger partial charge < -0.3 is 10.1 Å². The van der Waals surface area contributed by atoms with Crippen LogP contribution < -0.4 is 10.1 Å². The van der Waals surface area contributed by atoms with Gasteiger partial charge in [0, 0.05) is 22.7 Å². The summed E-state index contributed by atoms with van der Waals surface area (Å²) in [6.07, 6.45) is 0. The highest BCUT2D eigenvalue weighted by atomic mass is 35.5. The van der Waals surface area contributed by atoms with Gasteiger partial charge in [0.25, 0.3) is 17.3 Å². The van der Waals surface area contributed by atoms with E-state index in [0.717, 1.165) is 29.0 Å². The molecule has 0 bridgehead atoms. The maximum Gasteiger partial charge on any atom is 0.281 e. The van der Waals surface area contributed by atoms with Crippen LogP contribution in [-0.4, -0.2) is 15.8 Å². The number of carbonyl (C=O) groups excluding carboxylic acids is 1. The largest absolute Gasteiger partial charge is 0.489 e. The molecule has 0 aliphatic rings. The van der Waals surface area contributed by atoms with Crippen LogP contribution in [0.2, 0.25) is 5.02 Å². The third kappa shape index (κ3) is 4.91. The molecular weight excluding hydrogens is 434 g/mol. The Kier molecular flexibility index (Phi) is 6.28. The highest BCUT2D eigenvalue weighted by molar-refractivity contribution is 7.12. The first-order chi connectivity index (χ1) is 14.2. The molecule has 0 aliphatic carbocycles. The van der Waals surface area contributed by atoms with Gasteiger partial charge in [-0.3, -0.25) is 25.0 Å². The van der Waals surface area contributed by atoms with Crippen LogP contribution in [0.15, 0.2) is 47.8 Å². The zero-order valence-corrected chi connectivity index (χ0v) is 17.0. The molecule has 9 nitrogen and oxygen atoms in total. The third-order valence-corrected chi connectivity index (χ3v) is 5.30. The second-order valence-corrected chi connectivity index (χ2v) is 7.52. The molecule has 0 spiro atoms. The lowest BCUT2D eigenvalue weighted by molar-refractivity contribution is -0.395. The van der Waals surface area contributed by atoms with Gasteiger partial charge >= 0.3 is 0 Å². The third-order valence-electron chi connectivity index (χ3n) is 4.08. The van der Waals surface area contributed by atoms with Crippen molar-refractivity contribution in [2.24, 2.45) is 0 Å². The lowest BCUT2D eigenvalue weighted by atomic mass is 10.1. The second-order valence-electron chi connectivity index (χ2n) is 6.17. The first-order valence-corrected chi connectivity index (χ1v) is 9.71. The number of halogens is 1. The maximum absolute atomic E-state index is 12.5. The van der Waals surface area contributed by atoms with Gasteiger partial charge in [-0.25, -0.2) is 0 Å². The van der Waals surface area contributed by atoms with Crippen molar-refractivity contribution in [3.63, 3.8) is 0 Å². The Morgan fingerprint density at radius 3 is 2.40 bits per heavy atom. The Bertz CT molecular complexity index is 1110. The minimum atomic E-state index is -0.728. The molecule has 1 heterocycles. The van der Waals surface area contributed by atoms with E-state index in [2.05, 4.69) is 5.32 Å². The summed E-state index contributed by atoms with van der Waals surface area (Å²) in [5, 5.41) is 27.1. The molecule has 0 saturated heterocycles. The number of nitrogens with zero attached hydrogens (tertiary/aromatic N) is 2. The Labute approximate surface area is 179 Å². The van der Waals surface area contributed by atoms with Crippen molar-refractivity contribution in [3.05, 3.63) is 89.1 Å². The van der Waals surface area contributed by atoms with Gasteiger partial charge in [-0.1, -0.05) is 17.7 Å². The molecule has 2 aromatic carbocycles. The minimum absolute atomic E-state index is 0.0332. The van der Waals surface area contributed by atoms with Gasteiger partial charge in [0.15, 0.2) is 0 Å². The summed E-state index contributed by atoms with van der Waals surface area (Å²) in [4.78, 5) is 33.7. The Morgan fingerprint density at radius 1 is 1.13 bits per heavy atom. The van der Waals surface area contributed by atoms with Gasteiger partial charge in [0.05, 0.1) is 20.4 Å². The zero-order chi connectivity index (χ0) is 21.8. The van der Waals surface area contributed by atoms with Gasteiger partial charge in [0.2, 0.25) is 0 Å². The number of thiophene rings is 1. The lowest BCUT2D eigenvalue weighted by Gasteiger charge is -2.06. The number of nitrogens with one attached hydrogen (secondary N) is 1. The second kappa shape index (κ2) is 8.89. The van der Waals surface area contributed by atoms with Crippen molar-refractivity contribution >= 4 is 45.9 Å². The number of amides is 1. The van der Waals surface area contributed by atoms with E-state index in [1.54, 1.807) is 35.7 Å². The molecule has 3 rings (SSSR count). The Morgan fingerprint density at radius 2 is 1.80 bits per heavy atom. The molecule has 0 fully saturated rings. The number of ether oxygens (including phenoxy) is 1. The lowest BCUT2D eigenvalue weighted by Crippen LogP contribution is -2.11. The maximum atomic E-state index is 12.5. The number of nitro groups is 2. The van der Waals surface area contributed by atoms with Crippen LogP contribution in [-0.2, 0) is 6.61 Å². The van der Waals surface area contributed by atoms with Crippen LogP contribution in [0, 0.1) is 27.2 Å². The highest BCUT2D eigenvalue weighted by Gasteiger charge is 2.24. The number of rotatable bonds is 7. The minimum Gasteiger partial charge on any atom is -0.489 e. The van der Waals surface area contributed by atoms with Crippen LogP contribution in [0.25, 0.3) is 0 Å². The predicted molar refractivity (Wildman–Crippen MR) is 113 cm³/mol. The fraction of sp³-hybridized carbons (Fsp3) is 0.105. The molecule has 1 amide bonds. The standard InChI is InChI=1S/C19H14ClN3O6S/c1-11-16(22(25)26)7-14(8-17(11)23(27)28)21-19(24)18-5-12(10-30-18)9-29-15-4-2-3-13(20)6-15/h2-8,10H,9H2,1H3,(H,21,24). The molecule has 0 radical (unpaired) electrons. The summed E-state index contributed by atoms with van der Waals surface area (Å²) in [6, 6.07) is 10.7. The first kappa shape index (κ1) is 21.2. The number of anilines is 1. The van der Waals surface area contributed by atoms with Gasteiger partial charge in [-0.15, -0.1) is 11.3 Å². The molecule has 0 saturated carbocycles. The number of carbonyl (C=O) groups is 1. The molecular formula is C19H14ClN3O6S. The summed E-state index contributed by atoms with van der Waals surface area (Å²) in [7, 11) is 0. The number of hydrogen-bond donors (Lipinski definition) is 1. The Hall–Kier alpha value is -3.50. The number of nitro benzene ring substituents is 2. The van der Waals surface area contributed by atoms with E-state index in [0.29, 0.717) is 15.6 Å². The molecule has 0 atom stereocenters. The summed E-state index contributed by atoms with van der Waals surface area (Å²) >= 11 is 7.06. The summed E-state index contributed by atoms with van der Waals surface area (Å²) in [5.41, 5.74) is -0.262. The molecule has 1 aromatic heterocycles. The van der Waals surface area contributed by atoms with Gasteiger partial charge in [-0.05, 0) is 36.6 Å². The van der Waals surface area contributed by atoms with E-state index in [9.17, 15) is 25.0 Å². The van der Waals surface area contributed by atoms with E-state index in [1.807, 2.05) is 0 Å². The van der Waals surface area contributed by atoms with Crippen molar-refractivity contribution in [2.45, 2.75) is 13.5 Å². The average Bonchev–Trinajstić information content (AvgIpc) is 3.16. The van der Waals surface area contributed by atoms with E-state index in [1.165, 1.54) is 6.92 Å².